The fourth-order valence-electron chi connectivity index (χ4n) is 2.92. The monoisotopic (exact) mass is 448 g/mol. The molecule has 0 bridgehead atoms. The molecule has 1 saturated carbocycles. The smallest absolute Gasteiger partial charge is 0.384 e. The summed E-state index contributed by atoms with van der Waals surface area (Å²) in [7, 11) is -4.47. The minimum absolute atomic E-state index is 0.124. The molecule has 1 aliphatic rings. The SMILES string of the molecule is NS(=O)(=O)c1ccc(NCC2(c3cccc(Br)c3)CC2)cc1C(F)(F)F. The lowest BCUT2D eigenvalue weighted by Crippen LogP contribution is -2.21. The van der Waals surface area contributed by atoms with Gasteiger partial charge in [-0.15, -0.1) is 0 Å². The number of hydrogen-bond donors (Lipinski definition) is 2. The second kappa shape index (κ2) is 6.54. The van der Waals surface area contributed by atoms with Gasteiger partial charge in [0, 0.05) is 22.1 Å². The normalized spacial score (nSPS) is 16.3. The molecule has 0 aromatic heterocycles. The molecule has 140 valence electrons. The Labute approximate surface area is 157 Å². The Morgan fingerprint density at radius 1 is 1.15 bits per heavy atom. The van der Waals surface area contributed by atoms with E-state index in [9.17, 15) is 21.6 Å². The number of sulfonamides is 1. The standard InChI is InChI=1S/C17H16BrF3N2O2S/c18-12-3-1-2-11(8-12)16(6-7-16)10-23-13-4-5-15(26(22,24)25)14(9-13)17(19,20)21/h1-5,8-9,23H,6-7,10H2,(H2,22,24,25). The highest BCUT2D eigenvalue weighted by Crippen LogP contribution is 2.48. The molecule has 3 N–H and O–H groups in total. The maximum absolute atomic E-state index is 13.2. The quantitative estimate of drug-likeness (QED) is 0.717. The van der Waals surface area contributed by atoms with E-state index >= 15 is 0 Å². The lowest BCUT2D eigenvalue weighted by atomic mass is 9.96. The van der Waals surface area contributed by atoms with Crippen molar-refractivity contribution in [2.24, 2.45) is 5.14 Å². The van der Waals surface area contributed by atoms with Gasteiger partial charge in [0.1, 0.15) is 0 Å². The van der Waals surface area contributed by atoms with Crippen LogP contribution in [0.1, 0.15) is 24.0 Å². The lowest BCUT2D eigenvalue weighted by Gasteiger charge is -2.19. The Bertz CT molecular complexity index is 941. The fourth-order valence-corrected chi connectivity index (χ4v) is 4.06. The van der Waals surface area contributed by atoms with Crippen molar-refractivity contribution in [2.75, 3.05) is 11.9 Å². The van der Waals surface area contributed by atoms with Gasteiger partial charge < -0.3 is 5.32 Å². The molecule has 0 atom stereocenters. The van der Waals surface area contributed by atoms with Gasteiger partial charge in [0.15, 0.2) is 0 Å². The van der Waals surface area contributed by atoms with E-state index in [0.717, 1.165) is 35.0 Å². The minimum atomic E-state index is -4.82. The topological polar surface area (TPSA) is 72.2 Å². The zero-order valence-corrected chi connectivity index (χ0v) is 15.9. The van der Waals surface area contributed by atoms with E-state index < -0.39 is 26.7 Å². The average molecular weight is 449 g/mol. The number of benzene rings is 2. The Balaban J connectivity index is 1.85. The van der Waals surface area contributed by atoms with E-state index in [1.165, 1.54) is 6.07 Å². The van der Waals surface area contributed by atoms with Gasteiger partial charge in [0.25, 0.3) is 0 Å². The number of primary sulfonamides is 1. The molecule has 2 aromatic rings. The summed E-state index contributed by atoms with van der Waals surface area (Å²) in [5, 5.41) is 7.90. The van der Waals surface area contributed by atoms with Gasteiger partial charge in [0.05, 0.1) is 10.5 Å². The zero-order valence-electron chi connectivity index (χ0n) is 13.5. The van der Waals surface area contributed by atoms with Gasteiger partial charge in [-0.25, -0.2) is 13.6 Å². The molecule has 4 nitrogen and oxygen atoms in total. The largest absolute Gasteiger partial charge is 0.417 e. The second-order valence-corrected chi connectivity index (χ2v) is 8.84. The Morgan fingerprint density at radius 2 is 1.85 bits per heavy atom. The van der Waals surface area contributed by atoms with Gasteiger partial charge in [-0.2, -0.15) is 13.2 Å². The van der Waals surface area contributed by atoms with Gasteiger partial charge in [-0.05, 0) is 48.7 Å². The number of hydrogen-bond acceptors (Lipinski definition) is 3. The van der Waals surface area contributed by atoms with Crippen LogP contribution in [0, 0.1) is 0 Å². The highest BCUT2D eigenvalue weighted by molar-refractivity contribution is 9.10. The first-order valence-corrected chi connectivity index (χ1v) is 10.1. The number of halogens is 4. The Morgan fingerprint density at radius 3 is 2.38 bits per heavy atom. The molecule has 3 rings (SSSR count). The van der Waals surface area contributed by atoms with E-state index in [-0.39, 0.29) is 11.1 Å². The molecule has 0 amide bonds. The minimum Gasteiger partial charge on any atom is -0.384 e. The summed E-state index contributed by atoms with van der Waals surface area (Å²) in [5.41, 5.74) is -0.0827. The first-order valence-electron chi connectivity index (χ1n) is 7.75. The second-order valence-electron chi connectivity index (χ2n) is 6.40. The third-order valence-corrected chi connectivity index (χ3v) is 5.98. The van der Waals surface area contributed by atoms with Crippen molar-refractivity contribution in [1.29, 1.82) is 0 Å². The van der Waals surface area contributed by atoms with E-state index in [4.69, 9.17) is 5.14 Å². The molecule has 0 heterocycles. The maximum atomic E-state index is 13.2. The van der Waals surface area contributed by atoms with Crippen LogP contribution >= 0.6 is 15.9 Å². The van der Waals surface area contributed by atoms with E-state index in [0.29, 0.717) is 6.54 Å². The molecule has 9 heteroatoms. The zero-order chi connectivity index (χ0) is 19.2. The fraction of sp³-hybridized carbons (Fsp3) is 0.294. The molecule has 1 aliphatic carbocycles. The molecular weight excluding hydrogens is 433 g/mol. The van der Waals surface area contributed by atoms with E-state index in [1.807, 2.05) is 24.3 Å². The summed E-state index contributed by atoms with van der Waals surface area (Å²) >= 11 is 3.42. The van der Waals surface area contributed by atoms with Gasteiger partial charge in [-0.1, -0.05) is 28.1 Å². The van der Waals surface area contributed by atoms with Gasteiger partial charge in [-0.3, -0.25) is 0 Å². The Kier molecular flexibility index (Phi) is 4.83. The molecule has 1 fully saturated rings. The third-order valence-electron chi connectivity index (χ3n) is 4.51. The number of rotatable bonds is 5. The summed E-state index contributed by atoms with van der Waals surface area (Å²) in [6.45, 7) is 0.454. The van der Waals surface area contributed by atoms with Crippen LogP contribution in [0.15, 0.2) is 51.8 Å². The summed E-state index contributed by atoms with van der Waals surface area (Å²) < 4.78 is 63.4. The maximum Gasteiger partial charge on any atom is 0.417 e. The van der Waals surface area contributed by atoms with Gasteiger partial charge in [0.2, 0.25) is 10.0 Å². The third kappa shape index (κ3) is 4.05. The number of nitrogens with two attached hydrogens (primary N) is 1. The highest BCUT2D eigenvalue weighted by atomic mass is 79.9. The first kappa shape index (κ1) is 19.2. The Hall–Kier alpha value is -1.58. The van der Waals surface area contributed by atoms with Crippen LogP contribution in [0.4, 0.5) is 18.9 Å². The average Bonchev–Trinajstić information content (AvgIpc) is 3.32. The van der Waals surface area contributed by atoms with Crippen LogP contribution in [0.2, 0.25) is 0 Å². The van der Waals surface area contributed by atoms with Crippen molar-refractivity contribution in [3.8, 4) is 0 Å². The van der Waals surface area contributed by atoms with Crippen LogP contribution in [-0.4, -0.2) is 15.0 Å². The van der Waals surface area contributed by atoms with Gasteiger partial charge >= 0.3 is 6.18 Å². The molecule has 0 spiro atoms. The first-order chi connectivity index (χ1) is 12.0. The van der Waals surface area contributed by atoms with E-state index in [1.54, 1.807) is 0 Å². The van der Waals surface area contributed by atoms with Crippen molar-refractivity contribution < 1.29 is 21.6 Å². The molecule has 0 aliphatic heterocycles. The van der Waals surface area contributed by atoms with Crippen LogP contribution in [-0.2, 0) is 21.6 Å². The van der Waals surface area contributed by atoms with Crippen molar-refractivity contribution in [3.05, 3.63) is 58.1 Å². The summed E-state index contributed by atoms with van der Waals surface area (Å²) in [6.07, 6.45) is -2.96. The summed E-state index contributed by atoms with van der Waals surface area (Å²) in [4.78, 5) is -0.927. The van der Waals surface area contributed by atoms with Crippen molar-refractivity contribution >= 4 is 31.6 Å². The molecule has 0 unspecified atom stereocenters. The van der Waals surface area contributed by atoms with Crippen LogP contribution in [0.5, 0.6) is 0 Å². The number of nitrogens with one attached hydrogen (secondary N) is 1. The van der Waals surface area contributed by atoms with Crippen molar-refractivity contribution in [3.63, 3.8) is 0 Å². The van der Waals surface area contributed by atoms with E-state index in [2.05, 4.69) is 21.2 Å². The van der Waals surface area contributed by atoms with Crippen molar-refractivity contribution in [2.45, 2.75) is 29.3 Å². The highest BCUT2D eigenvalue weighted by Gasteiger charge is 2.44. The number of alkyl halides is 3. The summed E-state index contributed by atoms with van der Waals surface area (Å²) in [6, 6.07) is 10.8. The van der Waals surface area contributed by atoms with Crippen LogP contribution < -0.4 is 10.5 Å². The molecule has 2 aromatic carbocycles. The predicted octanol–water partition coefficient (Wildman–Crippen LogP) is 4.26. The van der Waals surface area contributed by atoms with Crippen molar-refractivity contribution in [1.82, 2.24) is 0 Å². The van der Waals surface area contributed by atoms with Crippen LogP contribution in [0.25, 0.3) is 0 Å². The molecule has 26 heavy (non-hydrogen) atoms. The van der Waals surface area contributed by atoms with Crippen LogP contribution in [0.3, 0.4) is 0 Å². The lowest BCUT2D eigenvalue weighted by molar-refractivity contribution is -0.139. The molecule has 0 radical (unpaired) electrons. The summed E-state index contributed by atoms with van der Waals surface area (Å²) in [5.74, 6) is 0. The number of anilines is 1. The molecular formula is C17H16BrF3N2O2S. The molecule has 0 saturated heterocycles. The predicted molar refractivity (Wildman–Crippen MR) is 96.4 cm³/mol.